The van der Waals surface area contributed by atoms with Crippen molar-refractivity contribution in [3.8, 4) is 17.4 Å². The summed E-state index contributed by atoms with van der Waals surface area (Å²) in [4.78, 5) is 33.4. The molecule has 4 rings (SSSR count). The lowest BCUT2D eigenvalue weighted by atomic mass is 10.1. The van der Waals surface area contributed by atoms with Crippen molar-refractivity contribution < 1.29 is 23.5 Å². The summed E-state index contributed by atoms with van der Waals surface area (Å²) in [6, 6.07) is 17.3. The lowest BCUT2D eigenvalue weighted by Crippen LogP contribution is -2.16. The lowest BCUT2D eigenvalue weighted by Gasteiger charge is -2.13. The van der Waals surface area contributed by atoms with Gasteiger partial charge in [0.05, 0.1) is 18.1 Å². The molecule has 0 atom stereocenters. The third-order valence-corrected chi connectivity index (χ3v) is 4.64. The van der Waals surface area contributed by atoms with Crippen LogP contribution >= 0.6 is 0 Å². The first-order valence-corrected chi connectivity index (χ1v) is 9.65. The van der Waals surface area contributed by atoms with E-state index in [0.29, 0.717) is 22.3 Å². The number of hydrogen-bond donors (Lipinski definition) is 1. The molecule has 0 saturated carbocycles. The van der Waals surface area contributed by atoms with E-state index in [1.54, 1.807) is 48.5 Å². The zero-order chi connectivity index (χ0) is 22.7. The molecule has 0 aliphatic heterocycles. The van der Waals surface area contributed by atoms with Gasteiger partial charge >= 0.3 is 0 Å². The second kappa shape index (κ2) is 8.81. The van der Waals surface area contributed by atoms with E-state index in [1.807, 2.05) is 0 Å². The van der Waals surface area contributed by atoms with Gasteiger partial charge in [-0.05, 0) is 55.5 Å². The predicted molar refractivity (Wildman–Crippen MR) is 117 cm³/mol. The Hall–Kier alpha value is -4.33. The molecule has 0 spiro atoms. The number of benzene rings is 3. The van der Waals surface area contributed by atoms with Gasteiger partial charge in [0, 0.05) is 17.3 Å². The third-order valence-electron chi connectivity index (χ3n) is 4.64. The van der Waals surface area contributed by atoms with Crippen molar-refractivity contribution in [3.05, 3.63) is 83.8 Å². The number of carbonyl (C=O) groups excluding carboxylic acids is 2. The van der Waals surface area contributed by atoms with Crippen LogP contribution in [-0.4, -0.2) is 28.8 Å². The van der Waals surface area contributed by atoms with Gasteiger partial charge in [-0.1, -0.05) is 12.1 Å². The highest BCUT2D eigenvalue weighted by molar-refractivity contribution is 6.05. The Morgan fingerprint density at radius 1 is 0.906 bits per heavy atom. The molecular formula is C24H18FN3O4. The van der Waals surface area contributed by atoms with Crippen molar-refractivity contribution in [2.75, 3.05) is 12.4 Å². The number of rotatable bonds is 6. The number of methoxy groups -OCH3 is 1. The fourth-order valence-electron chi connectivity index (χ4n) is 3.01. The highest BCUT2D eigenvalue weighted by Crippen LogP contribution is 2.33. The number of carbonyl (C=O) groups is 2. The van der Waals surface area contributed by atoms with Crippen LogP contribution in [0.15, 0.2) is 66.7 Å². The molecule has 160 valence electrons. The van der Waals surface area contributed by atoms with Crippen molar-refractivity contribution in [1.82, 2.24) is 9.97 Å². The van der Waals surface area contributed by atoms with Crippen molar-refractivity contribution in [3.63, 3.8) is 0 Å². The number of hydrogen-bond acceptors (Lipinski definition) is 6. The van der Waals surface area contributed by atoms with Gasteiger partial charge in [0.2, 0.25) is 0 Å². The number of nitrogens with zero attached hydrogens (tertiary/aromatic N) is 2. The summed E-state index contributed by atoms with van der Waals surface area (Å²) in [5.74, 6) is -0.871. The standard InChI is InChI=1S/C24H18FN3O4/c1-14(29)15-7-10-17(11-8-15)26-23(30)22-24(28-19-6-4-3-5-18(19)27-22)32-20-12-9-16(25)13-21(20)31-2/h3-13H,1-2H3,(H,26,30). The molecule has 4 aromatic rings. The summed E-state index contributed by atoms with van der Waals surface area (Å²) >= 11 is 0. The van der Waals surface area contributed by atoms with Crippen LogP contribution in [0.4, 0.5) is 10.1 Å². The van der Waals surface area contributed by atoms with Gasteiger partial charge in [-0.2, -0.15) is 0 Å². The number of fused-ring (bicyclic) bond motifs is 1. The first-order chi connectivity index (χ1) is 15.4. The number of nitrogens with one attached hydrogen (secondary N) is 1. The largest absolute Gasteiger partial charge is 0.493 e. The molecule has 0 radical (unpaired) electrons. The highest BCUT2D eigenvalue weighted by Gasteiger charge is 2.20. The molecular weight excluding hydrogens is 413 g/mol. The summed E-state index contributed by atoms with van der Waals surface area (Å²) in [7, 11) is 1.38. The Labute approximate surface area is 182 Å². The maximum Gasteiger partial charge on any atom is 0.279 e. The van der Waals surface area contributed by atoms with E-state index in [2.05, 4.69) is 15.3 Å². The van der Waals surface area contributed by atoms with Crippen molar-refractivity contribution in [2.45, 2.75) is 6.92 Å². The smallest absolute Gasteiger partial charge is 0.279 e. The van der Waals surface area contributed by atoms with E-state index in [1.165, 1.54) is 32.2 Å². The summed E-state index contributed by atoms with van der Waals surface area (Å²) in [6.45, 7) is 1.46. The maximum absolute atomic E-state index is 13.6. The molecule has 7 nitrogen and oxygen atoms in total. The number of para-hydroxylation sites is 2. The second-order valence-corrected chi connectivity index (χ2v) is 6.85. The van der Waals surface area contributed by atoms with Crippen LogP contribution < -0.4 is 14.8 Å². The van der Waals surface area contributed by atoms with Crippen LogP contribution in [0.2, 0.25) is 0 Å². The topological polar surface area (TPSA) is 90.4 Å². The van der Waals surface area contributed by atoms with E-state index < -0.39 is 11.7 Å². The molecule has 3 aromatic carbocycles. The molecule has 0 aliphatic rings. The predicted octanol–water partition coefficient (Wildman–Crippen LogP) is 5.02. The minimum Gasteiger partial charge on any atom is -0.493 e. The van der Waals surface area contributed by atoms with Crippen molar-refractivity contribution >= 4 is 28.4 Å². The Kier molecular flexibility index (Phi) is 5.76. The number of ketones is 1. The van der Waals surface area contributed by atoms with Crippen LogP contribution in [-0.2, 0) is 0 Å². The molecule has 1 heterocycles. The molecule has 1 aromatic heterocycles. The SMILES string of the molecule is COc1cc(F)ccc1Oc1nc2ccccc2nc1C(=O)Nc1ccc(C(C)=O)cc1. The molecule has 8 heteroatoms. The monoisotopic (exact) mass is 431 g/mol. The van der Waals surface area contributed by atoms with E-state index in [9.17, 15) is 14.0 Å². The average Bonchev–Trinajstić information content (AvgIpc) is 2.80. The van der Waals surface area contributed by atoms with Gasteiger partial charge in [0.25, 0.3) is 11.8 Å². The minimum atomic E-state index is -0.560. The molecule has 0 saturated heterocycles. The van der Waals surface area contributed by atoms with Crippen molar-refractivity contribution in [1.29, 1.82) is 0 Å². The molecule has 0 bridgehead atoms. The summed E-state index contributed by atoms with van der Waals surface area (Å²) in [6.07, 6.45) is 0. The van der Waals surface area contributed by atoms with Gasteiger partial charge < -0.3 is 14.8 Å². The van der Waals surface area contributed by atoms with Crippen LogP contribution in [0.25, 0.3) is 11.0 Å². The number of ether oxygens (including phenoxy) is 2. The number of amides is 1. The number of anilines is 1. The quantitative estimate of drug-likeness (QED) is 0.431. The van der Waals surface area contributed by atoms with Gasteiger partial charge in [0.1, 0.15) is 5.82 Å². The average molecular weight is 431 g/mol. The minimum absolute atomic E-state index is 0.0635. The molecule has 0 unspecified atom stereocenters. The van der Waals surface area contributed by atoms with Crippen molar-refractivity contribution in [2.24, 2.45) is 0 Å². The van der Waals surface area contributed by atoms with Gasteiger partial charge in [-0.3, -0.25) is 9.59 Å². The van der Waals surface area contributed by atoms with Crippen LogP contribution in [0.1, 0.15) is 27.8 Å². The summed E-state index contributed by atoms with van der Waals surface area (Å²) < 4.78 is 24.6. The number of aromatic nitrogens is 2. The Morgan fingerprint density at radius 2 is 1.59 bits per heavy atom. The molecule has 1 N–H and O–H groups in total. The maximum atomic E-state index is 13.6. The number of Topliss-reactive ketones (excluding diaryl/α,β-unsaturated/α-hetero) is 1. The van der Waals surface area contributed by atoms with Gasteiger partial charge in [-0.25, -0.2) is 14.4 Å². The zero-order valence-corrected chi connectivity index (χ0v) is 17.3. The van der Waals surface area contributed by atoms with Gasteiger partial charge in [0.15, 0.2) is 23.0 Å². The Balaban J connectivity index is 1.72. The van der Waals surface area contributed by atoms with Crippen LogP contribution in [0.5, 0.6) is 17.4 Å². The highest BCUT2D eigenvalue weighted by atomic mass is 19.1. The second-order valence-electron chi connectivity index (χ2n) is 6.85. The fraction of sp³-hybridized carbons (Fsp3) is 0.0833. The zero-order valence-electron chi connectivity index (χ0n) is 17.3. The van der Waals surface area contributed by atoms with Crippen LogP contribution in [0, 0.1) is 5.82 Å². The molecule has 0 fully saturated rings. The fourth-order valence-corrected chi connectivity index (χ4v) is 3.01. The normalized spacial score (nSPS) is 10.6. The van der Waals surface area contributed by atoms with E-state index >= 15 is 0 Å². The van der Waals surface area contributed by atoms with E-state index in [0.717, 1.165) is 0 Å². The van der Waals surface area contributed by atoms with E-state index in [4.69, 9.17) is 9.47 Å². The lowest BCUT2D eigenvalue weighted by molar-refractivity contribution is 0.101. The Morgan fingerprint density at radius 3 is 2.25 bits per heavy atom. The van der Waals surface area contributed by atoms with Crippen LogP contribution in [0.3, 0.4) is 0 Å². The Bertz CT molecular complexity index is 1320. The summed E-state index contributed by atoms with van der Waals surface area (Å²) in [5.41, 5.74) is 1.96. The van der Waals surface area contributed by atoms with E-state index in [-0.39, 0.29) is 28.9 Å². The summed E-state index contributed by atoms with van der Waals surface area (Å²) in [5, 5.41) is 2.73. The first kappa shape index (κ1) is 20.9. The first-order valence-electron chi connectivity index (χ1n) is 9.65. The van der Waals surface area contributed by atoms with Gasteiger partial charge in [-0.15, -0.1) is 0 Å². The number of halogens is 1. The molecule has 0 aliphatic carbocycles. The molecule has 1 amide bonds. The molecule has 32 heavy (non-hydrogen) atoms. The third kappa shape index (κ3) is 4.39.